The Morgan fingerprint density at radius 2 is 2.17 bits per heavy atom. The van der Waals surface area contributed by atoms with E-state index in [1.165, 1.54) is 49.3 Å². The number of aryl methyl sites for hydroxylation is 1. The monoisotopic (exact) mass is 246 g/mol. The fraction of sp³-hybridized carbons (Fsp3) is 0.625. The average molecular weight is 246 g/mol. The van der Waals surface area contributed by atoms with Crippen LogP contribution in [-0.2, 0) is 0 Å². The Morgan fingerprint density at radius 3 is 2.94 bits per heavy atom. The Balaban J connectivity index is 1.94. The van der Waals surface area contributed by atoms with Crippen LogP contribution in [-0.4, -0.2) is 26.2 Å². The van der Waals surface area contributed by atoms with E-state index in [1.54, 1.807) is 0 Å². The first-order valence-corrected chi connectivity index (χ1v) is 7.24. The molecule has 2 heteroatoms. The molecule has 1 aromatic rings. The van der Waals surface area contributed by atoms with E-state index in [4.69, 9.17) is 0 Å². The Labute approximate surface area is 111 Å². The van der Waals surface area contributed by atoms with E-state index in [0.717, 1.165) is 12.5 Å². The zero-order chi connectivity index (χ0) is 13.0. The lowest BCUT2D eigenvalue weighted by Gasteiger charge is -2.22. The molecule has 1 aliphatic heterocycles. The van der Waals surface area contributed by atoms with Crippen molar-refractivity contribution in [3.63, 3.8) is 0 Å². The zero-order valence-electron chi connectivity index (χ0n) is 12.0. The van der Waals surface area contributed by atoms with Crippen LogP contribution in [0.3, 0.4) is 0 Å². The molecule has 1 aromatic carbocycles. The molecule has 2 rings (SSSR count). The fourth-order valence-corrected chi connectivity index (χ4v) is 2.78. The molecule has 1 atom stereocenters. The maximum Gasteiger partial charge on any atom is 0.0398 e. The molecular weight excluding hydrogens is 220 g/mol. The lowest BCUT2D eigenvalue weighted by Crippen LogP contribution is -2.27. The molecule has 0 amide bonds. The van der Waals surface area contributed by atoms with Crippen molar-refractivity contribution in [1.82, 2.24) is 5.32 Å². The van der Waals surface area contributed by atoms with E-state index in [0.29, 0.717) is 0 Å². The summed E-state index contributed by atoms with van der Waals surface area (Å²) < 4.78 is 0. The summed E-state index contributed by atoms with van der Waals surface area (Å²) in [6.07, 6.45) is 2.55. The van der Waals surface area contributed by atoms with Gasteiger partial charge in [0, 0.05) is 18.8 Å². The highest BCUT2D eigenvalue weighted by molar-refractivity contribution is 5.56. The van der Waals surface area contributed by atoms with Gasteiger partial charge in [-0.2, -0.15) is 0 Å². The molecule has 0 aliphatic carbocycles. The summed E-state index contributed by atoms with van der Waals surface area (Å²) in [4.78, 5) is 2.56. The van der Waals surface area contributed by atoms with Crippen LogP contribution in [0.1, 0.15) is 30.9 Å². The lowest BCUT2D eigenvalue weighted by atomic mass is 10.1. The molecule has 1 heterocycles. The van der Waals surface area contributed by atoms with Crippen molar-refractivity contribution in [1.29, 1.82) is 0 Å². The molecule has 0 aromatic heterocycles. The molecule has 1 saturated heterocycles. The number of hydrogen-bond donors (Lipinski definition) is 1. The summed E-state index contributed by atoms with van der Waals surface area (Å²) in [5.41, 5.74) is 4.28. The van der Waals surface area contributed by atoms with Gasteiger partial charge in [-0.25, -0.2) is 0 Å². The van der Waals surface area contributed by atoms with Crippen molar-refractivity contribution >= 4 is 5.69 Å². The molecule has 1 fully saturated rings. The van der Waals surface area contributed by atoms with E-state index in [-0.39, 0.29) is 0 Å². The highest BCUT2D eigenvalue weighted by Crippen LogP contribution is 2.28. The maximum absolute atomic E-state index is 3.55. The molecule has 0 saturated carbocycles. The predicted octanol–water partition coefficient (Wildman–Crippen LogP) is 3.13. The first-order valence-electron chi connectivity index (χ1n) is 7.24. The van der Waals surface area contributed by atoms with Crippen molar-refractivity contribution in [3.05, 3.63) is 29.3 Å². The third kappa shape index (κ3) is 3.05. The Morgan fingerprint density at radius 1 is 1.33 bits per heavy atom. The van der Waals surface area contributed by atoms with Crippen LogP contribution in [0.15, 0.2) is 18.2 Å². The van der Waals surface area contributed by atoms with Gasteiger partial charge in [-0.1, -0.05) is 19.1 Å². The van der Waals surface area contributed by atoms with Crippen LogP contribution >= 0.6 is 0 Å². The molecule has 100 valence electrons. The van der Waals surface area contributed by atoms with E-state index >= 15 is 0 Å². The standard InChI is InChI=1S/C16H26N2/c1-4-9-17-11-15-8-10-18(12-15)16-7-5-6-13(2)14(16)3/h5-7,15,17H,4,8-12H2,1-3H3. The van der Waals surface area contributed by atoms with Crippen molar-refractivity contribution in [3.8, 4) is 0 Å². The van der Waals surface area contributed by atoms with Gasteiger partial charge in [0.25, 0.3) is 0 Å². The van der Waals surface area contributed by atoms with Crippen molar-refractivity contribution in [2.45, 2.75) is 33.6 Å². The number of hydrogen-bond acceptors (Lipinski definition) is 2. The van der Waals surface area contributed by atoms with Gasteiger partial charge in [0.15, 0.2) is 0 Å². The normalized spacial score (nSPS) is 19.5. The van der Waals surface area contributed by atoms with Crippen molar-refractivity contribution in [2.24, 2.45) is 5.92 Å². The first kappa shape index (κ1) is 13.4. The smallest absolute Gasteiger partial charge is 0.0398 e. The highest BCUT2D eigenvalue weighted by atomic mass is 15.2. The SMILES string of the molecule is CCCNCC1CCN(c2cccc(C)c2C)C1. The van der Waals surface area contributed by atoms with Crippen molar-refractivity contribution in [2.75, 3.05) is 31.1 Å². The minimum atomic E-state index is 0.816. The fourth-order valence-electron chi connectivity index (χ4n) is 2.78. The van der Waals surface area contributed by atoms with Crippen LogP contribution in [0.5, 0.6) is 0 Å². The summed E-state index contributed by atoms with van der Waals surface area (Å²) >= 11 is 0. The van der Waals surface area contributed by atoms with Gasteiger partial charge in [-0.05, 0) is 62.9 Å². The van der Waals surface area contributed by atoms with E-state index in [2.05, 4.69) is 49.2 Å². The van der Waals surface area contributed by atoms with Gasteiger partial charge in [0.2, 0.25) is 0 Å². The highest BCUT2D eigenvalue weighted by Gasteiger charge is 2.23. The maximum atomic E-state index is 3.55. The Kier molecular flexibility index (Phi) is 4.65. The molecule has 1 aliphatic rings. The molecule has 2 nitrogen and oxygen atoms in total. The minimum Gasteiger partial charge on any atom is -0.371 e. The third-order valence-electron chi connectivity index (χ3n) is 4.06. The zero-order valence-corrected chi connectivity index (χ0v) is 12.0. The quantitative estimate of drug-likeness (QED) is 0.803. The molecule has 1 unspecified atom stereocenters. The van der Waals surface area contributed by atoms with E-state index in [9.17, 15) is 0 Å². The number of nitrogens with one attached hydrogen (secondary N) is 1. The molecule has 0 bridgehead atoms. The van der Waals surface area contributed by atoms with Gasteiger partial charge in [-0.15, -0.1) is 0 Å². The second kappa shape index (κ2) is 6.24. The third-order valence-corrected chi connectivity index (χ3v) is 4.06. The summed E-state index contributed by atoms with van der Waals surface area (Å²) in [6, 6.07) is 6.65. The first-order chi connectivity index (χ1) is 8.72. The van der Waals surface area contributed by atoms with E-state index < -0.39 is 0 Å². The number of benzene rings is 1. The van der Waals surface area contributed by atoms with Gasteiger partial charge in [0.05, 0.1) is 0 Å². The number of nitrogens with zero attached hydrogens (tertiary/aromatic N) is 1. The topological polar surface area (TPSA) is 15.3 Å². The summed E-state index contributed by atoms with van der Waals surface area (Å²) in [7, 11) is 0. The molecule has 0 spiro atoms. The number of rotatable bonds is 5. The van der Waals surface area contributed by atoms with Gasteiger partial charge in [0.1, 0.15) is 0 Å². The molecule has 1 N–H and O–H groups in total. The van der Waals surface area contributed by atoms with E-state index in [1.807, 2.05) is 0 Å². The predicted molar refractivity (Wildman–Crippen MR) is 79.4 cm³/mol. The van der Waals surface area contributed by atoms with Crippen LogP contribution in [0.25, 0.3) is 0 Å². The summed E-state index contributed by atoms with van der Waals surface area (Å²) in [6.45, 7) is 11.4. The van der Waals surface area contributed by atoms with Crippen LogP contribution in [0.4, 0.5) is 5.69 Å². The minimum absolute atomic E-state index is 0.816. The average Bonchev–Trinajstić information content (AvgIpc) is 2.82. The summed E-state index contributed by atoms with van der Waals surface area (Å²) in [5.74, 6) is 0.816. The summed E-state index contributed by atoms with van der Waals surface area (Å²) in [5, 5.41) is 3.55. The van der Waals surface area contributed by atoms with Crippen molar-refractivity contribution < 1.29 is 0 Å². The Hall–Kier alpha value is -1.02. The lowest BCUT2D eigenvalue weighted by molar-refractivity contribution is 0.516. The van der Waals surface area contributed by atoms with Crippen LogP contribution in [0.2, 0.25) is 0 Å². The van der Waals surface area contributed by atoms with Gasteiger partial charge < -0.3 is 10.2 Å². The van der Waals surface area contributed by atoms with Gasteiger partial charge >= 0.3 is 0 Å². The molecular formula is C16H26N2. The van der Waals surface area contributed by atoms with Crippen LogP contribution < -0.4 is 10.2 Å². The van der Waals surface area contributed by atoms with Gasteiger partial charge in [-0.3, -0.25) is 0 Å². The molecule has 0 radical (unpaired) electrons. The second-order valence-corrected chi connectivity index (χ2v) is 5.52. The number of anilines is 1. The molecule has 18 heavy (non-hydrogen) atoms. The largest absolute Gasteiger partial charge is 0.371 e. The van der Waals surface area contributed by atoms with Crippen LogP contribution in [0, 0.1) is 19.8 Å². The Bertz CT molecular complexity index is 387. The second-order valence-electron chi connectivity index (χ2n) is 5.52.